The summed E-state index contributed by atoms with van der Waals surface area (Å²) in [5, 5.41) is 15.7. The van der Waals surface area contributed by atoms with E-state index in [1.54, 1.807) is 4.68 Å². The summed E-state index contributed by atoms with van der Waals surface area (Å²) in [4.78, 5) is 10.5. The molecule has 0 N–H and O–H groups in total. The van der Waals surface area contributed by atoms with Crippen LogP contribution in [-0.4, -0.2) is 20.0 Å². The van der Waals surface area contributed by atoms with Crippen LogP contribution in [-0.2, 0) is 13.0 Å². The molecule has 6 heteroatoms. The minimum atomic E-state index is -0.382. The number of aromatic nitrogens is 2. The first kappa shape index (κ1) is 12.8. The average molecular weight is 310 g/mol. The van der Waals surface area contributed by atoms with Crippen LogP contribution in [0.5, 0.6) is 0 Å². The van der Waals surface area contributed by atoms with E-state index >= 15 is 0 Å². The lowest BCUT2D eigenvalue weighted by molar-refractivity contribution is -0.385. The number of rotatable bonds is 5. The molecule has 0 saturated heterocycles. The molecule has 0 saturated carbocycles. The minimum Gasteiger partial charge on any atom is -0.258 e. The molecule has 2 aromatic rings. The molecule has 0 unspecified atom stereocenters. The van der Waals surface area contributed by atoms with E-state index in [-0.39, 0.29) is 10.6 Å². The predicted molar refractivity (Wildman–Crippen MR) is 71.9 cm³/mol. The highest BCUT2D eigenvalue weighted by atomic mass is 79.9. The van der Waals surface area contributed by atoms with Gasteiger partial charge in [-0.3, -0.25) is 14.8 Å². The van der Waals surface area contributed by atoms with Crippen LogP contribution in [0.1, 0.15) is 11.3 Å². The highest BCUT2D eigenvalue weighted by Gasteiger charge is 2.19. The average Bonchev–Trinajstić information content (AvgIpc) is 2.74. The molecule has 1 aromatic carbocycles. The van der Waals surface area contributed by atoms with Crippen molar-refractivity contribution in [2.45, 2.75) is 13.0 Å². The molecule has 0 fully saturated rings. The Morgan fingerprint density at radius 2 is 2.06 bits per heavy atom. The predicted octanol–water partition coefficient (Wildman–Crippen LogP) is 2.78. The molecule has 0 atom stereocenters. The summed E-state index contributed by atoms with van der Waals surface area (Å²) in [6, 6.07) is 9.78. The van der Waals surface area contributed by atoms with Crippen molar-refractivity contribution in [3.63, 3.8) is 0 Å². The lowest BCUT2D eigenvalue weighted by Crippen LogP contribution is -2.08. The van der Waals surface area contributed by atoms with Crippen LogP contribution in [0.4, 0.5) is 5.69 Å². The number of nitro groups is 1. The lowest BCUT2D eigenvalue weighted by Gasteiger charge is -2.05. The Kier molecular flexibility index (Phi) is 4.09. The fourth-order valence-corrected chi connectivity index (χ4v) is 2.17. The van der Waals surface area contributed by atoms with E-state index in [1.807, 2.05) is 30.3 Å². The summed E-state index contributed by atoms with van der Waals surface area (Å²) >= 11 is 3.31. The second-order valence-electron chi connectivity index (χ2n) is 3.82. The highest BCUT2D eigenvalue weighted by molar-refractivity contribution is 9.09. The van der Waals surface area contributed by atoms with Gasteiger partial charge in [-0.05, 0) is 5.56 Å². The van der Waals surface area contributed by atoms with Crippen molar-refractivity contribution in [1.82, 2.24) is 9.78 Å². The third-order valence-electron chi connectivity index (χ3n) is 2.63. The van der Waals surface area contributed by atoms with E-state index in [2.05, 4.69) is 21.0 Å². The molecule has 0 aliphatic rings. The van der Waals surface area contributed by atoms with Crippen LogP contribution >= 0.6 is 15.9 Å². The first-order valence-corrected chi connectivity index (χ1v) is 6.63. The topological polar surface area (TPSA) is 61.0 Å². The zero-order chi connectivity index (χ0) is 13.0. The highest BCUT2D eigenvalue weighted by Crippen LogP contribution is 2.20. The molecule has 0 aliphatic heterocycles. The Morgan fingerprint density at radius 1 is 1.33 bits per heavy atom. The fraction of sp³-hybridized carbons (Fsp3) is 0.250. The van der Waals surface area contributed by atoms with E-state index in [0.717, 1.165) is 5.56 Å². The Balaban J connectivity index is 2.30. The van der Waals surface area contributed by atoms with E-state index in [1.165, 1.54) is 6.20 Å². The summed E-state index contributed by atoms with van der Waals surface area (Å²) in [7, 11) is 0. The SMILES string of the molecule is O=[N+]([O-])c1cnn(Cc2ccccc2)c1CCBr. The van der Waals surface area contributed by atoms with Gasteiger partial charge in [-0.2, -0.15) is 5.10 Å². The molecule has 0 spiro atoms. The molecule has 18 heavy (non-hydrogen) atoms. The first-order chi connectivity index (χ1) is 8.72. The van der Waals surface area contributed by atoms with Crippen molar-refractivity contribution in [1.29, 1.82) is 0 Å². The molecule has 0 radical (unpaired) electrons. The van der Waals surface area contributed by atoms with Crippen molar-refractivity contribution < 1.29 is 4.92 Å². The largest absolute Gasteiger partial charge is 0.310 e. The van der Waals surface area contributed by atoms with Crippen molar-refractivity contribution in [3.8, 4) is 0 Å². The number of hydrogen-bond donors (Lipinski definition) is 0. The van der Waals surface area contributed by atoms with Gasteiger partial charge < -0.3 is 0 Å². The third kappa shape index (κ3) is 2.76. The summed E-state index contributed by atoms with van der Waals surface area (Å²) in [6.45, 7) is 0.553. The Morgan fingerprint density at radius 3 is 2.67 bits per heavy atom. The van der Waals surface area contributed by atoms with Crippen LogP contribution in [0.15, 0.2) is 36.5 Å². The van der Waals surface area contributed by atoms with Gasteiger partial charge in [-0.25, -0.2) is 0 Å². The van der Waals surface area contributed by atoms with Gasteiger partial charge in [0.1, 0.15) is 11.9 Å². The normalized spacial score (nSPS) is 10.5. The monoisotopic (exact) mass is 309 g/mol. The maximum absolute atomic E-state index is 10.9. The van der Waals surface area contributed by atoms with Gasteiger partial charge in [0.25, 0.3) is 0 Å². The van der Waals surface area contributed by atoms with Crippen LogP contribution in [0.3, 0.4) is 0 Å². The number of hydrogen-bond acceptors (Lipinski definition) is 3. The summed E-state index contributed by atoms with van der Waals surface area (Å²) in [5.41, 5.74) is 1.82. The van der Waals surface area contributed by atoms with Crippen LogP contribution < -0.4 is 0 Å². The summed E-state index contributed by atoms with van der Waals surface area (Å²) in [6.07, 6.45) is 1.91. The molecule has 1 heterocycles. The third-order valence-corrected chi connectivity index (χ3v) is 3.03. The van der Waals surface area contributed by atoms with Gasteiger partial charge in [0, 0.05) is 11.8 Å². The van der Waals surface area contributed by atoms with Gasteiger partial charge in [-0.15, -0.1) is 0 Å². The Hall–Kier alpha value is -1.69. The van der Waals surface area contributed by atoms with E-state index in [9.17, 15) is 10.1 Å². The number of alkyl halides is 1. The van der Waals surface area contributed by atoms with Crippen LogP contribution in [0.2, 0.25) is 0 Å². The van der Waals surface area contributed by atoms with E-state index in [4.69, 9.17) is 0 Å². The molecular weight excluding hydrogens is 298 g/mol. The van der Waals surface area contributed by atoms with Gasteiger partial charge in [0.15, 0.2) is 0 Å². The van der Waals surface area contributed by atoms with Crippen LogP contribution in [0, 0.1) is 10.1 Å². The van der Waals surface area contributed by atoms with Crippen molar-refractivity contribution in [3.05, 3.63) is 57.9 Å². The van der Waals surface area contributed by atoms with Gasteiger partial charge in [-0.1, -0.05) is 46.3 Å². The molecule has 5 nitrogen and oxygen atoms in total. The molecule has 2 rings (SSSR count). The minimum absolute atomic E-state index is 0.0883. The maximum Gasteiger partial charge on any atom is 0.310 e. The molecule has 1 aromatic heterocycles. The first-order valence-electron chi connectivity index (χ1n) is 5.51. The Labute approximate surface area is 113 Å². The van der Waals surface area contributed by atoms with Crippen molar-refractivity contribution >= 4 is 21.6 Å². The van der Waals surface area contributed by atoms with Gasteiger partial charge in [0.05, 0.1) is 11.5 Å². The summed E-state index contributed by atoms with van der Waals surface area (Å²) < 4.78 is 1.69. The van der Waals surface area contributed by atoms with E-state index < -0.39 is 0 Å². The molecule has 94 valence electrons. The van der Waals surface area contributed by atoms with Crippen LogP contribution in [0.25, 0.3) is 0 Å². The standard InChI is InChI=1S/C12H12BrN3O2/c13-7-6-11-12(16(17)18)8-14-15(11)9-10-4-2-1-3-5-10/h1-5,8H,6-7,9H2. The number of benzene rings is 1. The molecule has 0 amide bonds. The van der Waals surface area contributed by atoms with E-state index in [0.29, 0.717) is 24.0 Å². The van der Waals surface area contributed by atoms with Crippen molar-refractivity contribution in [2.75, 3.05) is 5.33 Å². The summed E-state index contributed by atoms with van der Waals surface area (Å²) in [5.74, 6) is 0. The Bertz CT molecular complexity index is 540. The smallest absolute Gasteiger partial charge is 0.258 e. The van der Waals surface area contributed by atoms with Crippen molar-refractivity contribution in [2.24, 2.45) is 0 Å². The zero-order valence-electron chi connectivity index (χ0n) is 9.62. The zero-order valence-corrected chi connectivity index (χ0v) is 11.2. The van der Waals surface area contributed by atoms with Gasteiger partial charge in [0.2, 0.25) is 0 Å². The maximum atomic E-state index is 10.9. The number of halogens is 1. The number of nitrogens with zero attached hydrogens (tertiary/aromatic N) is 3. The second-order valence-corrected chi connectivity index (χ2v) is 4.61. The molecule has 0 bridgehead atoms. The van der Waals surface area contributed by atoms with Gasteiger partial charge >= 0.3 is 5.69 Å². The lowest BCUT2D eigenvalue weighted by atomic mass is 10.2. The molecular formula is C12H12BrN3O2. The fourth-order valence-electron chi connectivity index (χ4n) is 1.79. The second kappa shape index (κ2) is 5.77. The quantitative estimate of drug-likeness (QED) is 0.485. The molecule has 0 aliphatic carbocycles.